The van der Waals surface area contributed by atoms with E-state index in [-0.39, 0.29) is 0 Å². The number of hydrogen-bond acceptors (Lipinski definition) is 3. The second kappa shape index (κ2) is 6.53. The lowest BCUT2D eigenvalue weighted by molar-refractivity contribution is 0.344. The van der Waals surface area contributed by atoms with E-state index in [2.05, 4.69) is 25.1 Å². The van der Waals surface area contributed by atoms with E-state index in [1.165, 1.54) is 11.1 Å². The summed E-state index contributed by atoms with van der Waals surface area (Å²) in [5.74, 6) is 1.82. The normalized spacial score (nSPS) is 10.4. The van der Waals surface area contributed by atoms with Crippen molar-refractivity contribution in [3.63, 3.8) is 0 Å². The van der Waals surface area contributed by atoms with Gasteiger partial charge in [0.25, 0.3) is 0 Å². The maximum Gasteiger partial charge on any atom is 0.119 e. The molecule has 2 aromatic rings. The predicted molar refractivity (Wildman–Crippen MR) is 83.0 cm³/mol. The number of rotatable bonds is 5. The Labute approximate surface area is 119 Å². The van der Waals surface area contributed by atoms with Crippen molar-refractivity contribution in [3.05, 3.63) is 53.6 Å². The molecule has 0 bridgehead atoms. The summed E-state index contributed by atoms with van der Waals surface area (Å²) in [4.78, 5) is 1.12. The van der Waals surface area contributed by atoms with Gasteiger partial charge in [-0.15, -0.1) is 11.8 Å². The number of hydrogen-bond donors (Lipinski definition) is 1. The van der Waals surface area contributed by atoms with Crippen LogP contribution < -0.4 is 10.5 Å². The van der Waals surface area contributed by atoms with Crippen LogP contribution in [0.3, 0.4) is 0 Å². The monoisotopic (exact) mass is 273 g/mol. The highest BCUT2D eigenvalue weighted by Crippen LogP contribution is 2.25. The zero-order chi connectivity index (χ0) is 13.7. The van der Waals surface area contributed by atoms with Gasteiger partial charge in [-0.2, -0.15) is 0 Å². The average molecular weight is 273 g/mol. The molecule has 2 aromatic carbocycles. The summed E-state index contributed by atoms with van der Waals surface area (Å²) >= 11 is 1.73. The molecule has 0 aliphatic rings. The van der Waals surface area contributed by atoms with Crippen molar-refractivity contribution >= 4 is 17.4 Å². The molecule has 0 saturated carbocycles. The standard InChI is InChI=1S/C16H19NOS/c1-12-4-3-5-14(10-12)18-8-9-19-16-7-6-13(2)11-15(16)17/h3-7,10-11H,8-9,17H2,1-2H3. The van der Waals surface area contributed by atoms with Crippen molar-refractivity contribution < 1.29 is 4.74 Å². The summed E-state index contributed by atoms with van der Waals surface area (Å²) in [6.07, 6.45) is 0. The molecular formula is C16H19NOS. The highest BCUT2D eigenvalue weighted by Gasteiger charge is 2.00. The van der Waals surface area contributed by atoms with Crippen molar-refractivity contribution in [2.24, 2.45) is 0 Å². The van der Waals surface area contributed by atoms with Gasteiger partial charge in [0.05, 0.1) is 6.61 Å². The first kappa shape index (κ1) is 13.8. The summed E-state index contributed by atoms with van der Waals surface area (Å²) < 4.78 is 5.71. The highest BCUT2D eigenvalue weighted by atomic mass is 32.2. The van der Waals surface area contributed by atoms with Crippen LogP contribution in [0.25, 0.3) is 0 Å². The molecule has 0 spiro atoms. The van der Waals surface area contributed by atoms with Gasteiger partial charge < -0.3 is 10.5 Å². The summed E-state index contributed by atoms with van der Waals surface area (Å²) in [6.45, 7) is 4.79. The van der Waals surface area contributed by atoms with E-state index in [4.69, 9.17) is 10.5 Å². The SMILES string of the molecule is Cc1cccc(OCCSc2ccc(C)cc2N)c1. The minimum Gasteiger partial charge on any atom is -0.493 e. The third kappa shape index (κ3) is 4.21. The molecular weight excluding hydrogens is 254 g/mol. The molecule has 0 amide bonds. The fourth-order valence-corrected chi connectivity index (χ4v) is 2.59. The second-order valence-electron chi connectivity index (χ2n) is 4.55. The molecule has 19 heavy (non-hydrogen) atoms. The van der Waals surface area contributed by atoms with Crippen LogP contribution in [0.15, 0.2) is 47.4 Å². The Morgan fingerprint density at radius 1 is 1.05 bits per heavy atom. The molecule has 2 rings (SSSR count). The van der Waals surface area contributed by atoms with Crippen LogP contribution in [-0.2, 0) is 0 Å². The molecule has 0 fully saturated rings. The quantitative estimate of drug-likeness (QED) is 0.507. The van der Waals surface area contributed by atoms with Crippen molar-refractivity contribution in [2.75, 3.05) is 18.1 Å². The largest absolute Gasteiger partial charge is 0.493 e. The van der Waals surface area contributed by atoms with Gasteiger partial charge in [0.1, 0.15) is 5.75 Å². The third-order valence-corrected chi connectivity index (χ3v) is 3.82. The van der Waals surface area contributed by atoms with Crippen molar-refractivity contribution in [2.45, 2.75) is 18.7 Å². The minimum atomic E-state index is 0.682. The second-order valence-corrected chi connectivity index (χ2v) is 5.69. The lowest BCUT2D eigenvalue weighted by Gasteiger charge is -2.08. The fraction of sp³-hybridized carbons (Fsp3) is 0.250. The summed E-state index contributed by atoms with van der Waals surface area (Å²) in [6, 6.07) is 14.3. The molecule has 0 aromatic heterocycles. The maximum atomic E-state index is 5.97. The Morgan fingerprint density at radius 3 is 2.58 bits per heavy atom. The lowest BCUT2D eigenvalue weighted by atomic mass is 10.2. The van der Waals surface area contributed by atoms with Gasteiger partial charge in [0, 0.05) is 16.3 Å². The topological polar surface area (TPSA) is 35.2 Å². The summed E-state index contributed by atoms with van der Waals surface area (Å²) in [5.41, 5.74) is 9.23. The molecule has 0 saturated heterocycles. The fourth-order valence-electron chi connectivity index (χ4n) is 1.82. The average Bonchev–Trinajstić information content (AvgIpc) is 2.37. The number of benzene rings is 2. The Balaban J connectivity index is 1.81. The van der Waals surface area contributed by atoms with E-state index in [1.807, 2.05) is 31.2 Å². The number of thioether (sulfide) groups is 1. The number of ether oxygens (including phenoxy) is 1. The Morgan fingerprint density at radius 2 is 1.84 bits per heavy atom. The van der Waals surface area contributed by atoms with Crippen LogP contribution >= 0.6 is 11.8 Å². The van der Waals surface area contributed by atoms with Crippen LogP contribution in [0.4, 0.5) is 5.69 Å². The predicted octanol–water partition coefficient (Wildman–Crippen LogP) is 4.06. The molecule has 0 aliphatic heterocycles. The van der Waals surface area contributed by atoms with Gasteiger partial charge >= 0.3 is 0 Å². The van der Waals surface area contributed by atoms with Crippen molar-refractivity contribution in [1.29, 1.82) is 0 Å². The van der Waals surface area contributed by atoms with Crippen LogP contribution in [0.2, 0.25) is 0 Å². The van der Waals surface area contributed by atoms with Crippen molar-refractivity contribution in [1.82, 2.24) is 0 Å². The van der Waals surface area contributed by atoms with Gasteiger partial charge in [-0.3, -0.25) is 0 Å². The maximum absolute atomic E-state index is 5.97. The first-order chi connectivity index (χ1) is 9.15. The molecule has 0 heterocycles. The summed E-state index contributed by atoms with van der Waals surface area (Å²) in [7, 11) is 0. The number of nitrogen functional groups attached to an aromatic ring is 1. The zero-order valence-electron chi connectivity index (χ0n) is 11.3. The van der Waals surface area contributed by atoms with Crippen LogP contribution in [0.5, 0.6) is 5.75 Å². The van der Waals surface area contributed by atoms with E-state index in [0.717, 1.165) is 22.1 Å². The third-order valence-electron chi connectivity index (χ3n) is 2.76. The van der Waals surface area contributed by atoms with Crippen LogP contribution in [-0.4, -0.2) is 12.4 Å². The van der Waals surface area contributed by atoms with Crippen LogP contribution in [0.1, 0.15) is 11.1 Å². The molecule has 0 aliphatic carbocycles. The number of anilines is 1. The first-order valence-electron chi connectivity index (χ1n) is 6.33. The Hall–Kier alpha value is -1.61. The van der Waals surface area contributed by atoms with E-state index >= 15 is 0 Å². The van der Waals surface area contributed by atoms with Gasteiger partial charge in [0.2, 0.25) is 0 Å². The van der Waals surface area contributed by atoms with E-state index in [1.54, 1.807) is 11.8 Å². The molecule has 0 unspecified atom stereocenters. The van der Waals surface area contributed by atoms with Gasteiger partial charge in [-0.05, 0) is 49.2 Å². The lowest BCUT2D eigenvalue weighted by Crippen LogP contribution is -2.00. The Bertz CT molecular complexity index is 554. The van der Waals surface area contributed by atoms with E-state index in [9.17, 15) is 0 Å². The van der Waals surface area contributed by atoms with E-state index < -0.39 is 0 Å². The van der Waals surface area contributed by atoms with Gasteiger partial charge in [-0.25, -0.2) is 0 Å². The Kier molecular flexibility index (Phi) is 4.74. The molecule has 3 heteroatoms. The number of nitrogens with two attached hydrogens (primary N) is 1. The van der Waals surface area contributed by atoms with E-state index in [0.29, 0.717) is 6.61 Å². The highest BCUT2D eigenvalue weighted by molar-refractivity contribution is 7.99. The smallest absolute Gasteiger partial charge is 0.119 e. The molecule has 2 nitrogen and oxygen atoms in total. The minimum absolute atomic E-state index is 0.682. The molecule has 2 N–H and O–H groups in total. The molecule has 0 radical (unpaired) electrons. The molecule has 0 atom stereocenters. The summed E-state index contributed by atoms with van der Waals surface area (Å²) in [5, 5.41) is 0. The van der Waals surface area contributed by atoms with Gasteiger partial charge in [-0.1, -0.05) is 18.2 Å². The first-order valence-corrected chi connectivity index (χ1v) is 7.32. The number of aryl methyl sites for hydroxylation is 2. The van der Waals surface area contributed by atoms with Gasteiger partial charge in [0.15, 0.2) is 0 Å². The molecule has 100 valence electrons. The van der Waals surface area contributed by atoms with Crippen LogP contribution in [0, 0.1) is 13.8 Å². The zero-order valence-corrected chi connectivity index (χ0v) is 12.2. The van der Waals surface area contributed by atoms with Crippen molar-refractivity contribution in [3.8, 4) is 5.75 Å².